The van der Waals surface area contributed by atoms with Gasteiger partial charge in [-0.25, -0.2) is 0 Å². The number of benzene rings is 6. The zero-order valence-electron chi connectivity index (χ0n) is 38.8. The van der Waals surface area contributed by atoms with Gasteiger partial charge in [-0.15, -0.1) is 0 Å². The van der Waals surface area contributed by atoms with Gasteiger partial charge in [0.1, 0.15) is 0 Å². The monoisotopic (exact) mass is 1050 g/mol. The molecule has 70 heavy (non-hydrogen) atoms. The van der Waals surface area contributed by atoms with Crippen molar-refractivity contribution in [1.82, 2.24) is 9.80 Å². The van der Waals surface area contributed by atoms with E-state index in [4.69, 9.17) is 99.6 Å². The Bertz CT molecular complexity index is 2140. The third kappa shape index (κ3) is 20.4. The Labute approximate surface area is 443 Å². The molecule has 6 aromatic carbocycles. The van der Waals surface area contributed by atoms with E-state index in [9.17, 15) is 0 Å². The molecule has 0 aromatic heterocycles. The number of hydrogen-bond acceptors (Lipinski definition) is 8. The summed E-state index contributed by atoms with van der Waals surface area (Å²) in [5.41, 5.74) is 13.6. The second-order valence-corrected chi connectivity index (χ2v) is 20.1. The van der Waals surface area contributed by atoms with Gasteiger partial charge in [-0.2, -0.15) is 0 Å². The van der Waals surface area contributed by atoms with Crippen LogP contribution in [0.3, 0.4) is 0 Å². The van der Waals surface area contributed by atoms with Crippen molar-refractivity contribution in [2.45, 2.75) is 8.59 Å². The minimum absolute atomic E-state index is 0.695. The van der Waals surface area contributed by atoms with Crippen LogP contribution in [0.4, 0.5) is 0 Å². The average Bonchev–Trinajstić information content (AvgIpc) is 3.36. The Morgan fingerprint density at radius 2 is 0.371 bits per heavy atom. The molecule has 0 amide bonds. The lowest BCUT2D eigenvalue weighted by molar-refractivity contribution is 0.298. The van der Waals surface area contributed by atoms with Crippen molar-refractivity contribution in [2.75, 3.05) is 78.5 Å². The predicted octanol–water partition coefficient (Wildman–Crippen LogP) is 13.2. The molecular weight excluding hydrogens is 997 g/mol. The maximum absolute atomic E-state index is 4.82. The van der Waals surface area contributed by atoms with Crippen molar-refractivity contribution in [3.05, 3.63) is 179 Å². The lowest BCUT2D eigenvalue weighted by atomic mass is 10.0. The molecule has 0 fully saturated rings. The van der Waals surface area contributed by atoms with Crippen LogP contribution in [0.15, 0.2) is 176 Å². The molecule has 0 saturated heterocycles. The summed E-state index contributed by atoms with van der Waals surface area (Å²) in [5.74, 6) is 0. The fourth-order valence-electron chi connectivity index (χ4n) is 7.46. The van der Waals surface area contributed by atoms with E-state index in [1.54, 1.807) is 0 Å². The highest BCUT2D eigenvalue weighted by atomic mass is 35.6. The molecule has 27 rings (SSSR count). The highest BCUT2D eigenvalue weighted by Gasteiger charge is 2.07. The third-order valence-electron chi connectivity index (χ3n) is 11.2. The lowest BCUT2D eigenvalue weighted by Crippen LogP contribution is -2.31. The van der Waals surface area contributed by atoms with Crippen molar-refractivity contribution >= 4 is 107 Å². The maximum Gasteiger partial charge on any atom is 0.180 e. The number of aliphatic imine (C=N–C) groups is 6. The van der Waals surface area contributed by atoms with E-state index in [1.165, 1.54) is 33.4 Å². The molecule has 21 aliphatic heterocycles. The second-order valence-electron chi connectivity index (χ2n) is 16.1. The smallest absolute Gasteiger partial charge is 0.180 e. The van der Waals surface area contributed by atoms with Crippen LogP contribution < -0.4 is 0 Å². The van der Waals surface area contributed by atoms with Gasteiger partial charge in [-0.3, -0.25) is 39.8 Å². The van der Waals surface area contributed by atoms with Gasteiger partial charge >= 0.3 is 0 Å². The third-order valence-corrected chi connectivity index (χ3v) is 11.2. The summed E-state index contributed by atoms with van der Waals surface area (Å²) in [4.78, 5) is 33.8. The van der Waals surface area contributed by atoms with Crippen LogP contribution in [0.25, 0.3) is 33.4 Å². The molecule has 0 aliphatic carbocycles. The summed E-state index contributed by atoms with van der Waals surface area (Å²) in [6.07, 6.45) is 11.9. The Morgan fingerprint density at radius 1 is 0.243 bits per heavy atom. The SMILES string of the molecule is C1=NCCN2CCN=Cc3ccc(cc3)-c3ccc(cc3)C=NCCN(CCN=Cc3ccc(cc3)-c3ccc1cc3)CCN=Cc1ccc(cc1)-c1ccc(cc1)C=NCC2.ClC(Cl)Cl.ClC(Cl)Cl. The number of rotatable bonds is 0. The highest BCUT2D eigenvalue weighted by Crippen LogP contribution is 2.22. The fourth-order valence-corrected chi connectivity index (χ4v) is 7.46. The number of hydrogen-bond donors (Lipinski definition) is 0. The number of halogens is 6. The summed E-state index contributed by atoms with van der Waals surface area (Å²) in [6.45, 7) is 9.12. The summed E-state index contributed by atoms with van der Waals surface area (Å²) in [7, 11) is 0. The largest absolute Gasteiger partial charge is 0.298 e. The Kier molecular flexibility index (Phi) is 23.8. The van der Waals surface area contributed by atoms with Crippen LogP contribution in [-0.4, -0.2) is 134 Å². The van der Waals surface area contributed by atoms with Gasteiger partial charge in [-0.1, -0.05) is 215 Å². The molecule has 0 saturated carbocycles. The van der Waals surface area contributed by atoms with Crippen molar-refractivity contribution in [2.24, 2.45) is 30.0 Å². The van der Waals surface area contributed by atoms with Crippen LogP contribution in [0.5, 0.6) is 0 Å². The van der Waals surface area contributed by atoms with Crippen molar-refractivity contribution in [1.29, 1.82) is 0 Å². The van der Waals surface area contributed by atoms with E-state index in [0.717, 1.165) is 72.6 Å². The van der Waals surface area contributed by atoms with Crippen LogP contribution in [0, 0.1) is 0 Å². The molecule has 14 bridgehead atoms. The molecule has 14 heteroatoms. The Morgan fingerprint density at radius 3 is 0.500 bits per heavy atom. The number of nitrogens with zero attached hydrogens (tertiary/aromatic N) is 8. The van der Waals surface area contributed by atoms with Gasteiger partial charge in [0.2, 0.25) is 0 Å². The van der Waals surface area contributed by atoms with E-state index in [2.05, 4.69) is 155 Å². The van der Waals surface area contributed by atoms with E-state index < -0.39 is 8.59 Å². The molecule has 21 aliphatic rings. The lowest BCUT2D eigenvalue weighted by Gasteiger charge is -2.19. The molecule has 362 valence electrons. The minimum atomic E-state index is -0.750. The van der Waals surface area contributed by atoms with Crippen LogP contribution >= 0.6 is 69.6 Å². The molecular formula is C56H56Cl6N8. The van der Waals surface area contributed by atoms with Crippen molar-refractivity contribution in [3.63, 3.8) is 0 Å². The molecule has 0 spiro atoms. The summed E-state index contributed by atoms with van der Waals surface area (Å²) >= 11 is 28.8. The van der Waals surface area contributed by atoms with Gasteiger partial charge in [0, 0.05) is 76.6 Å². The zero-order valence-corrected chi connectivity index (χ0v) is 43.3. The summed E-state index contributed by atoms with van der Waals surface area (Å²) in [5, 5.41) is 0. The first-order chi connectivity index (χ1) is 34.2. The van der Waals surface area contributed by atoms with Crippen molar-refractivity contribution in [3.8, 4) is 33.4 Å². The van der Waals surface area contributed by atoms with Crippen LogP contribution in [-0.2, 0) is 0 Å². The van der Waals surface area contributed by atoms with Crippen LogP contribution in [0.2, 0.25) is 0 Å². The quantitative estimate of drug-likeness (QED) is 0.142. The molecule has 0 atom stereocenters. The zero-order chi connectivity index (χ0) is 49.2. The minimum Gasteiger partial charge on any atom is -0.298 e. The van der Waals surface area contributed by atoms with E-state index in [-0.39, 0.29) is 0 Å². The van der Waals surface area contributed by atoms with Crippen LogP contribution in [0.1, 0.15) is 33.4 Å². The molecule has 0 radical (unpaired) electrons. The molecule has 6 aromatic rings. The van der Waals surface area contributed by atoms with E-state index >= 15 is 0 Å². The van der Waals surface area contributed by atoms with Gasteiger partial charge in [0.15, 0.2) is 8.59 Å². The van der Waals surface area contributed by atoms with E-state index in [1.807, 2.05) is 37.3 Å². The fraction of sp³-hybridized carbons (Fsp3) is 0.250. The first-order valence-corrected chi connectivity index (χ1v) is 25.7. The Hall–Kier alpha value is -5.00. The molecule has 0 unspecified atom stereocenters. The average molecular weight is 1050 g/mol. The summed E-state index contributed by atoms with van der Waals surface area (Å²) < 4.78 is -1.50. The molecule has 21 heterocycles. The summed E-state index contributed by atoms with van der Waals surface area (Å²) in [6, 6.07) is 51.7. The van der Waals surface area contributed by atoms with E-state index in [0.29, 0.717) is 39.3 Å². The second kappa shape index (κ2) is 30.7. The standard InChI is InChI=1S/C54H54N8.2CHCl3/c1-13-49-14-2-43(1)37-55-25-31-61-32-26-57-39-45-5-17-51(18-6-45)53-21-9-47(10-22-53)41-59-29-35-62(34-28-56-38-44-3-15-50(49)16-4-44)36-30-60-42-48-11-23-54(24-12-48)52-19-7-46(8-20-52)40-58-27-33-61;2*2-1(3)4/h1-24,37-42H,25-36H2;2*1H. The molecule has 8 nitrogen and oxygen atoms in total. The number of alkyl halides is 6. The predicted molar refractivity (Wildman–Crippen MR) is 306 cm³/mol. The Balaban J connectivity index is 0.000000934. The topological polar surface area (TPSA) is 80.6 Å². The van der Waals surface area contributed by atoms with Gasteiger partial charge in [-0.05, 0) is 66.8 Å². The first kappa shape index (κ1) is 54.3. The maximum atomic E-state index is 4.82. The van der Waals surface area contributed by atoms with Gasteiger partial charge in [0.25, 0.3) is 0 Å². The van der Waals surface area contributed by atoms with Gasteiger partial charge < -0.3 is 0 Å². The molecule has 0 N–H and O–H groups in total. The first-order valence-electron chi connectivity index (χ1n) is 23.1. The highest BCUT2D eigenvalue weighted by molar-refractivity contribution is 6.63. The van der Waals surface area contributed by atoms with Gasteiger partial charge in [0.05, 0.1) is 39.3 Å². The van der Waals surface area contributed by atoms with Crippen molar-refractivity contribution < 1.29 is 0 Å². The normalized spacial score (nSPS) is 16.8.